The van der Waals surface area contributed by atoms with E-state index in [9.17, 15) is 9.59 Å². The molecule has 0 radical (unpaired) electrons. The monoisotopic (exact) mass is 326 g/mol. The van der Waals surface area contributed by atoms with Gasteiger partial charge in [0.05, 0.1) is 18.1 Å². The Morgan fingerprint density at radius 1 is 1.29 bits per heavy atom. The molecule has 1 aromatic carbocycles. The van der Waals surface area contributed by atoms with Crippen LogP contribution < -0.4 is 11.3 Å². The maximum atomic E-state index is 11.9. The Morgan fingerprint density at radius 2 is 2.00 bits per heavy atom. The third-order valence-corrected chi connectivity index (χ3v) is 4.06. The number of esters is 1. The topological polar surface area (TPSA) is 103 Å². The Labute approximate surface area is 138 Å². The highest BCUT2D eigenvalue weighted by Gasteiger charge is 2.11. The van der Waals surface area contributed by atoms with Crippen molar-refractivity contribution < 1.29 is 9.53 Å². The van der Waals surface area contributed by atoms with Gasteiger partial charge in [-0.25, -0.2) is 4.79 Å². The van der Waals surface area contributed by atoms with E-state index in [0.29, 0.717) is 16.6 Å². The first-order valence-electron chi connectivity index (χ1n) is 7.51. The average molecular weight is 326 g/mol. The number of nitrogens with two attached hydrogens (primary N) is 1. The zero-order chi connectivity index (χ0) is 17.3. The smallest absolute Gasteiger partial charge is 0.337 e. The van der Waals surface area contributed by atoms with Gasteiger partial charge in [-0.15, -0.1) is 0 Å². The number of nitrogen functional groups attached to an aromatic ring is 1. The van der Waals surface area contributed by atoms with Crippen LogP contribution >= 0.6 is 0 Å². The van der Waals surface area contributed by atoms with Crippen molar-refractivity contribution in [1.29, 1.82) is 0 Å². The van der Waals surface area contributed by atoms with Crippen LogP contribution in [0.1, 0.15) is 21.6 Å². The molecule has 0 spiro atoms. The van der Waals surface area contributed by atoms with Gasteiger partial charge in [-0.05, 0) is 36.6 Å². The van der Waals surface area contributed by atoms with Crippen LogP contribution in [0.4, 0.5) is 5.95 Å². The predicted octanol–water partition coefficient (Wildman–Crippen LogP) is 1.42. The molecule has 0 fully saturated rings. The lowest BCUT2D eigenvalue weighted by Crippen LogP contribution is -2.11. The fourth-order valence-electron chi connectivity index (χ4n) is 2.71. The molecule has 7 heteroatoms. The lowest BCUT2D eigenvalue weighted by Gasteiger charge is -2.05. The van der Waals surface area contributed by atoms with E-state index in [1.165, 1.54) is 7.11 Å². The summed E-state index contributed by atoms with van der Waals surface area (Å²) >= 11 is 0. The van der Waals surface area contributed by atoms with Gasteiger partial charge in [0.15, 0.2) is 0 Å². The van der Waals surface area contributed by atoms with E-state index in [-0.39, 0.29) is 17.5 Å². The average Bonchev–Trinajstić information content (AvgIpc) is 2.89. The summed E-state index contributed by atoms with van der Waals surface area (Å²) in [7, 11) is 3.22. The largest absolute Gasteiger partial charge is 0.465 e. The highest BCUT2D eigenvalue weighted by molar-refractivity contribution is 5.89. The summed E-state index contributed by atoms with van der Waals surface area (Å²) in [5.41, 5.74) is 8.55. The molecule has 24 heavy (non-hydrogen) atoms. The normalized spacial score (nSPS) is 10.9. The molecule has 0 aliphatic rings. The van der Waals surface area contributed by atoms with Gasteiger partial charge < -0.3 is 15.0 Å². The highest BCUT2D eigenvalue weighted by Crippen LogP contribution is 2.16. The molecule has 3 rings (SSSR count). The molecular formula is C17H18N4O3. The summed E-state index contributed by atoms with van der Waals surface area (Å²) in [5, 5.41) is 0.530. The predicted molar refractivity (Wildman–Crippen MR) is 90.9 cm³/mol. The van der Waals surface area contributed by atoms with Crippen molar-refractivity contribution in [2.75, 3.05) is 12.8 Å². The number of benzene rings is 1. The van der Waals surface area contributed by atoms with Gasteiger partial charge in [0.25, 0.3) is 5.56 Å². The van der Waals surface area contributed by atoms with E-state index >= 15 is 0 Å². The van der Waals surface area contributed by atoms with Crippen LogP contribution in [0.5, 0.6) is 0 Å². The number of nitrogens with zero attached hydrogens (tertiary/aromatic N) is 2. The number of hydrogen-bond acceptors (Lipinski definition) is 5. The Bertz CT molecular complexity index is 954. The molecule has 0 unspecified atom stereocenters. The van der Waals surface area contributed by atoms with Crippen molar-refractivity contribution in [2.24, 2.45) is 7.05 Å². The lowest BCUT2D eigenvalue weighted by molar-refractivity contribution is 0.0600. The molecule has 0 atom stereocenters. The van der Waals surface area contributed by atoms with E-state index in [1.54, 1.807) is 12.1 Å². The quantitative estimate of drug-likeness (QED) is 0.706. The zero-order valence-electron chi connectivity index (χ0n) is 13.5. The number of hydrogen-bond donors (Lipinski definition) is 2. The highest BCUT2D eigenvalue weighted by atomic mass is 16.5. The van der Waals surface area contributed by atoms with Crippen molar-refractivity contribution in [2.45, 2.75) is 12.8 Å². The number of anilines is 1. The van der Waals surface area contributed by atoms with Crippen LogP contribution in [0.2, 0.25) is 0 Å². The SMILES string of the molecule is COC(=O)c1ccc(CCc2cc3c(=O)[nH]c(N)nc3n2C)cc1. The summed E-state index contributed by atoms with van der Waals surface area (Å²) < 4.78 is 6.56. The first-order valence-corrected chi connectivity index (χ1v) is 7.51. The summed E-state index contributed by atoms with van der Waals surface area (Å²) in [5.74, 6) is -0.239. The number of aromatic nitrogens is 3. The van der Waals surface area contributed by atoms with Gasteiger partial charge in [-0.2, -0.15) is 4.98 Å². The Morgan fingerprint density at radius 3 is 2.67 bits per heavy atom. The van der Waals surface area contributed by atoms with Crippen molar-refractivity contribution in [3.63, 3.8) is 0 Å². The van der Waals surface area contributed by atoms with Crippen molar-refractivity contribution in [3.8, 4) is 0 Å². The molecular weight excluding hydrogens is 308 g/mol. The maximum Gasteiger partial charge on any atom is 0.337 e. The van der Waals surface area contributed by atoms with Gasteiger partial charge in [0.1, 0.15) is 5.65 Å². The van der Waals surface area contributed by atoms with Crippen LogP contribution in [0.25, 0.3) is 11.0 Å². The van der Waals surface area contributed by atoms with Gasteiger partial charge >= 0.3 is 5.97 Å². The molecule has 0 amide bonds. The third-order valence-electron chi connectivity index (χ3n) is 4.06. The van der Waals surface area contributed by atoms with Crippen LogP contribution in [0, 0.1) is 0 Å². The molecule has 3 N–H and O–H groups in total. The standard InChI is InChI=1S/C17H18N4O3/c1-21-12(9-13-14(21)19-17(18)20-15(13)22)8-5-10-3-6-11(7-4-10)16(23)24-2/h3-4,6-7,9H,5,8H2,1-2H3,(H3,18,19,20,22). The fraction of sp³-hybridized carbons (Fsp3) is 0.235. The minimum Gasteiger partial charge on any atom is -0.465 e. The maximum absolute atomic E-state index is 11.9. The summed E-state index contributed by atoms with van der Waals surface area (Å²) in [6.07, 6.45) is 1.52. The van der Waals surface area contributed by atoms with Gasteiger partial charge in [-0.1, -0.05) is 12.1 Å². The number of rotatable bonds is 4. The molecule has 0 aliphatic carbocycles. The molecule has 3 aromatic rings. The van der Waals surface area contributed by atoms with E-state index < -0.39 is 0 Å². The number of carbonyl (C=O) groups excluding carboxylic acids is 1. The van der Waals surface area contributed by atoms with Crippen LogP contribution in [-0.4, -0.2) is 27.6 Å². The second-order valence-electron chi connectivity index (χ2n) is 5.57. The molecule has 2 aromatic heterocycles. The number of carbonyl (C=O) groups is 1. The molecule has 2 heterocycles. The first-order chi connectivity index (χ1) is 11.5. The minimum atomic E-state index is -0.349. The summed E-state index contributed by atoms with van der Waals surface area (Å²) in [4.78, 5) is 30.1. The summed E-state index contributed by atoms with van der Waals surface area (Å²) in [6, 6.07) is 9.13. The first kappa shape index (κ1) is 15.8. The van der Waals surface area contributed by atoms with Gasteiger partial charge in [0.2, 0.25) is 5.95 Å². The molecule has 0 bridgehead atoms. The number of methoxy groups -OCH3 is 1. The van der Waals surface area contributed by atoms with Crippen molar-refractivity contribution in [1.82, 2.24) is 14.5 Å². The lowest BCUT2D eigenvalue weighted by atomic mass is 10.1. The second-order valence-corrected chi connectivity index (χ2v) is 5.57. The van der Waals surface area contributed by atoms with E-state index in [0.717, 1.165) is 24.1 Å². The zero-order valence-corrected chi connectivity index (χ0v) is 13.5. The van der Waals surface area contributed by atoms with Crippen molar-refractivity contribution in [3.05, 3.63) is 57.5 Å². The van der Waals surface area contributed by atoms with Gasteiger partial charge in [-0.3, -0.25) is 9.78 Å². The van der Waals surface area contributed by atoms with Crippen LogP contribution in [-0.2, 0) is 24.6 Å². The van der Waals surface area contributed by atoms with E-state index in [1.807, 2.05) is 29.8 Å². The number of H-pyrrole nitrogens is 1. The molecule has 124 valence electrons. The van der Waals surface area contributed by atoms with Crippen LogP contribution in [0.15, 0.2) is 35.1 Å². The Kier molecular flexibility index (Phi) is 4.07. The molecule has 0 saturated carbocycles. The van der Waals surface area contributed by atoms with E-state index in [2.05, 4.69) is 14.7 Å². The second kappa shape index (κ2) is 6.19. The third kappa shape index (κ3) is 2.88. The molecule has 7 nitrogen and oxygen atoms in total. The number of ether oxygens (including phenoxy) is 1. The fourth-order valence-corrected chi connectivity index (χ4v) is 2.71. The Hall–Kier alpha value is -3.09. The minimum absolute atomic E-state index is 0.110. The summed E-state index contributed by atoms with van der Waals surface area (Å²) in [6.45, 7) is 0. The van der Waals surface area contributed by atoms with Crippen LogP contribution in [0.3, 0.4) is 0 Å². The molecule has 0 aliphatic heterocycles. The number of aromatic amines is 1. The number of fused-ring (bicyclic) bond motifs is 1. The number of nitrogens with one attached hydrogen (secondary N) is 1. The number of aryl methyl sites for hydroxylation is 3. The molecule has 0 saturated heterocycles. The Balaban J connectivity index is 1.81. The van der Waals surface area contributed by atoms with Crippen molar-refractivity contribution >= 4 is 23.0 Å². The van der Waals surface area contributed by atoms with E-state index in [4.69, 9.17) is 5.73 Å². The van der Waals surface area contributed by atoms with Gasteiger partial charge in [0, 0.05) is 12.7 Å².